The number of likely N-dealkylation sites (tertiary alicyclic amines) is 1. The molecule has 3 heterocycles. The number of benzene rings is 2. The molecule has 1 saturated heterocycles. The molecular weight excluding hydrogens is 438 g/mol. The van der Waals surface area contributed by atoms with E-state index in [0.29, 0.717) is 48.1 Å². The minimum Gasteiger partial charge on any atom is -0.496 e. The van der Waals surface area contributed by atoms with Crippen molar-refractivity contribution in [3.05, 3.63) is 59.8 Å². The summed E-state index contributed by atoms with van der Waals surface area (Å²) in [5, 5.41) is 6.94. The third-order valence-corrected chi connectivity index (χ3v) is 6.07. The molecule has 5 rings (SSSR count). The zero-order valence-electron chi connectivity index (χ0n) is 18.8. The van der Waals surface area contributed by atoms with Crippen LogP contribution < -0.4 is 19.5 Å². The molecule has 1 N–H and O–H groups in total. The molecular formula is C25H25N3O6. The van der Waals surface area contributed by atoms with Crippen LogP contribution in [0.1, 0.15) is 35.3 Å². The van der Waals surface area contributed by atoms with Crippen LogP contribution in [0, 0.1) is 0 Å². The Balaban J connectivity index is 1.28. The number of carbonyl (C=O) groups is 2. The number of carbonyl (C=O) groups excluding carboxylic acids is 2. The third kappa shape index (κ3) is 4.28. The number of nitrogens with zero attached hydrogens (tertiary/aromatic N) is 2. The van der Waals surface area contributed by atoms with Gasteiger partial charge >= 0.3 is 0 Å². The van der Waals surface area contributed by atoms with Gasteiger partial charge in [0.2, 0.25) is 12.7 Å². The molecule has 0 aliphatic carbocycles. The van der Waals surface area contributed by atoms with Crippen molar-refractivity contribution in [1.29, 1.82) is 0 Å². The van der Waals surface area contributed by atoms with Gasteiger partial charge in [-0.1, -0.05) is 23.4 Å². The van der Waals surface area contributed by atoms with Gasteiger partial charge in [-0.3, -0.25) is 9.59 Å². The van der Waals surface area contributed by atoms with Gasteiger partial charge in [0.15, 0.2) is 23.0 Å². The van der Waals surface area contributed by atoms with Crippen LogP contribution in [-0.2, 0) is 11.3 Å². The highest BCUT2D eigenvalue weighted by Gasteiger charge is 2.34. The van der Waals surface area contributed by atoms with E-state index in [2.05, 4.69) is 10.5 Å². The molecule has 1 aromatic heterocycles. The second-order valence-corrected chi connectivity index (χ2v) is 8.19. The molecule has 1 atom stereocenters. The monoisotopic (exact) mass is 463 g/mol. The van der Waals surface area contributed by atoms with Crippen LogP contribution in [0.4, 0.5) is 0 Å². The van der Waals surface area contributed by atoms with Crippen LogP contribution in [0.25, 0.3) is 11.3 Å². The van der Waals surface area contributed by atoms with Gasteiger partial charge in [0, 0.05) is 19.2 Å². The predicted octanol–water partition coefficient (Wildman–Crippen LogP) is 3.39. The van der Waals surface area contributed by atoms with Crippen molar-refractivity contribution in [3.63, 3.8) is 0 Å². The van der Waals surface area contributed by atoms with Crippen molar-refractivity contribution < 1.29 is 28.3 Å². The summed E-state index contributed by atoms with van der Waals surface area (Å²) in [4.78, 5) is 27.9. The zero-order chi connectivity index (χ0) is 23.5. The first-order chi connectivity index (χ1) is 16.6. The summed E-state index contributed by atoms with van der Waals surface area (Å²) in [6.45, 7) is 1.01. The van der Waals surface area contributed by atoms with Crippen molar-refractivity contribution in [3.8, 4) is 28.6 Å². The van der Waals surface area contributed by atoms with E-state index in [-0.39, 0.29) is 24.3 Å². The van der Waals surface area contributed by atoms with Gasteiger partial charge in [0.25, 0.3) is 5.91 Å². The number of methoxy groups -OCH3 is 1. The summed E-state index contributed by atoms with van der Waals surface area (Å²) in [7, 11) is 1.57. The lowest BCUT2D eigenvalue weighted by Gasteiger charge is -2.34. The summed E-state index contributed by atoms with van der Waals surface area (Å²) in [5.41, 5.74) is 1.76. The van der Waals surface area contributed by atoms with Gasteiger partial charge in [-0.2, -0.15) is 0 Å². The van der Waals surface area contributed by atoms with Gasteiger partial charge in [0.1, 0.15) is 11.8 Å². The van der Waals surface area contributed by atoms with E-state index in [1.807, 2.05) is 42.5 Å². The number of aromatic nitrogens is 1. The normalized spacial score (nSPS) is 16.9. The van der Waals surface area contributed by atoms with Crippen molar-refractivity contribution in [2.45, 2.75) is 31.8 Å². The first-order valence-corrected chi connectivity index (χ1v) is 11.2. The van der Waals surface area contributed by atoms with E-state index in [9.17, 15) is 9.59 Å². The van der Waals surface area contributed by atoms with Crippen molar-refractivity contribution in [1.82, 2.24) is 15.4 Å². The van der Waals surface area contributed by atoms with Crippen molar-refractivity contribution in [2.75, 3.05) is 20.4 Å². The summed E-state index contributed by atoms with van der Waals surface area (Å²) < 4.78 is 21.5. The van der Waals surface area contributed by atoms with Crippen LogP contribution >= 0.6 is 0 Å². The fourth-order valence-corrected chi connectivity index (χ4v) is 4.30. The van der Waals surface area contributed by atoms with Crippen LogP contribution in [-0.4, -0.2) is 48.4 Å². The second kappa shape index (κ2) is 9.46. The minimum absolute atomic E-state index is 0.163. The topological polar surface area (TPSA) is 103 Å². The van der Waals surface area contributed by atoms with Gasteiger partial charge < -0.3 is 29.0 Å². The lowest BCUT2D eigenvalue weighted by molar-refractivity contribution is -0.126. The molecule has 9 heteroatoms. The van der Waals surface area contributed by atoms with E-state index >= 15 is 0 Å². The smallest absolute Gasteiger partial charge is 0.276 e. The Morgan fingerprint density at radius 2 is 1.97 bits per heavy atom. The third-order valence-electron chi connectivity index (χ3n) is 6.07. The van der Waals surface area contributed by atoms with Gasteiger partial charge in [-0.15, -0.1) is 0 Å². The Bertz CT molecular complexity index is 1210. The molecule has 0 unspecified atom stereocenters. The average Bonchev–Trinajstić information content (AvgIpc) is 3.56. The Hall–Kier alpha value is -4.01. The molecule has 2 amide bonds. The first-order valence-electron chi connectivity index (χ1n) is 11.2. The van der Waals surface area contributed by atoms with Gasteiger partial charge in [0.05, 0.1) is 12.7 Å². The van der Waals surface area contributed by atoms with Crippen LogP contribution in [0.2, 0.25) is 0 Å². The molecule has 2 aromatic carbocycles. The second-order valence-electron chi connectivity index (χ2n) is 8.19. The van der Waals surface area contributed by atoms with Gasteiger partial charge in [-0.25, -0.2) is 0 Å². The van der Waals surface area contributed by atoms with E-state index in [4.69, 9.17) is 18.7 Å². The van der Waals surface area contributed by atoms with E-state index in [1.165, 1.54) is 0 Å². The fourth-order valence-electron chi connectivity index (χ4n) is 4.30. The predicted molar refractivity (Wildman–Crippen MR) is 122 cm³/mol. The molecule has 34 heavy (non-hydrogen) atoms. The number of para-hydroxylation sites is 1. The highest BCUT2D eigenvalue weighted by atomic mass is 16.7. The highest BCUT2D eigenvalue weighted by molar-refractivity contribution is 5.97. The SMILES string of the molecule is COc1ccccc1-c1cc(C(=O)N2CCCC[C@@H]2C(=O)NCc2ccc3c(c2)OCO3)no1. The molecule has 2 aliphatic rings. The lowest BCUT2D eigenvalue weighted by atomic mass is 10.0. The molecule has 2 aliphatic heterocycles. The first kappa shape index (κ1) is 21.8. The molecule has 3 aromatic rings. The van der Waals surface area contributed by atoms with Crippen molar-refractivity contribution in [2.24, 2.45) is 0 Å². The number of rotatable bonds is 6. The molecule has 0 bridgehead atoms. The Morgan fingerprint density at radius 3 is 2.85 bits per heavy atom. The van der Waals surface area contributed by atoms with Crippen LogP contribution in [0.5, 0.6) is 17.2 Å². The van der Waals surface area contributed by atoms with Gasteiger partial charge in [-0.05, 0) is 49.1 Å². The molecule has 1 fully saturated rings. The quantitative estimate of drug-likeness (QED) is 0.598. The fraction of sp³-hybridized carbons (Fsp3) is 0.320. The molecule has 0 radical (unpaired) electrons. The zero-order valence-corrected chi connectivity index (χ0v) is 18.8. The number of fused-ring (bicyclic) bond motifs is 1. The number of nitrogens with one attached hydrogen (secondary N) is 1. The molecule has 176 valence electrons. The van der Waals surface area contributed by atoms with Crippen molar-refractivity contribution >= 4 is 11.8 Å². The highest BCUT2D eigenvalue weighted by Crippen LogP contribution is 2.33. The average molecular weight is 463 g/mol. The maximum Gasteiger partial charge on any atom is 0.276 e. The maximum atomic E-state index is 13.3. The Morgan fingerprint density at radius 1 is 1.12 bits per heavy atom. The lowest BCUT2D eigenvalue weighted by Crippen LogP contribution is -2.51. The van der Waals surface area contributed by atoms with E-state index in [1.54, 1.807) is 18.1 Å². The van der Waals surface area contributed by atoms with E-state index < -0.39 is 6.04 Å². The number of hydrogen-bond acceptors (Lipinski definition) is 7. The summed E-state index contributed by atoms with van der Waals surface area (Å²) in [5.74, 6) is 1.89. The molecule has 9 nitrogen and oxygen atoms in total. The number of piperidine rings is 1. The van der Waals surface area contributed by atoms with Crippen LogP contribution in [0.15, 0.2) is 53.1 Å². The summed E-state index contributed by atoms with van der Waals surface area (Å²) in [6, 6.07) is 13.9. The van der Waals surface area contributed by atoms with Crippen LogP contribution in [0.3, 0.4) is 0 Å². The Labute approximate surface area is 196 Å². The molecule has 0 spiro atoms. The standard InChI is InChI=1S/C25H25N3O6/c1-31-20-8-3-2-6-17(20)22-13-18(27-34-22)25(30)28-11-5-4-7-19(28)24(29)26-14-16-9-10-21-23(12-16)33-15-32-21/h2-3,6,8-10,12-13,19H,4-5,7,11,14-15H2,1H3,(H,26,29)/t19-/m1/s1. The molecule has 0 saturated carbocycles. The Kier molecular flexibility index (Phi) is 6.07. The minimum atomic E-state index is -0.568. The summed E-state index contributed by atoms with van der Waals surface area (Å²) in [6.07, 6.45) is 2.29. The maximum absolute atomic E-state index is 13.3. The number of ether oxygens (including phenoxy) is 3. The number of amides is 2. The number of hydrogen-bond donors (Lipinski definition) is 1. The largest absolute Gasteiger partial charge is 0.496 e. The summed E-state index contributed by atoms with van der Waals surface area (Å²) >= 11 is 0. The van der Waals surface area contributed by atoms with E-state index in [0.717, 1.165) is 18.4 Å².